The van der Waals surface area contributed by atoms with Crippen molar-refractivity contribution in [3.8, 4) is 0 Å². The van der Waals surface area contributed by atoms with Gasteiger partial charge in [-0.05, 0) is 0 Å². The van der Waals surface area contributed by atoms with E-state index in [1.54, 1.807) is 0 Å². The molecule has 0 radical (unpaired) electrons. The SMILES string of the molecule is COP1(=O)CCS(=O)(=O)O1. The summed E-state index contributed by atoms with van der Waals surface area (Å²) in [6.07, 6.45) is -0.0359. The Hall–Kier alpha value is 0.100. The fourth-order valence-corrected chi connectivity index (χ4v) is 4.79. The summed E-state index contributed by atoms with van der Waals surface area (Å²) in [7, 11) is -5.65. The number of rotatable bonds is 1. The Labute approximate surface area is 59.0 Å². The molecule has 0 N–H and O–H groups in total. The van der Waals surface area contributed by atoms with Crippen molar-refractivity contribution in [2.24, 2.45) is 0 Å². The van der Waals surface area contributed by atoms with Crippen LogP contribution in [-0.4, -0.2) is 27.4 Å². The first-order chi connectivity index (χ1) is 4.47. The predicted molar refractivity (Wildman–Crippen MR) is 34.4 cm³/mol. The Kier molecular flexibility index (Phi) is 1.89. The topological polar surface area (TPSA) is 69.7 Å². The fraction of sp³-hybridized carbons (Fsp3) is 1.00. The van der Waals surface area contributed by atoms with Crippen LogP contribution in [0.2, 0.25) is 0 Å². The third kappa shape index (κ3) is 1.58. The van der Waals surface area contributed by atoms with E-state index in [9.17, 15) is 13.0 Å². The van der Waals surface area contributed by atoms with E-state index < -0.39 is 17.7 Å². The number of hydrogen-bond donors (Lipinski definition) is 0. The van der Waals surface area contributed by atoms with Crippen molar-refractivity contribution in [2.75, 3.05) is 19.0 Å². The van der Waals surface area contributed by atoms with Gasteiger partial charge in [-0.2, -0.15) is 12.4 Å². The minimum absolute atomic E-state index is 0.0359. The molecule has 60 valence electrons. The van der Waals surface area contributed by atoms with Crippen molar-refractivity contribution >= 4 is 17.7 Å². The first kappa shape index (κ1) is 8.20. The molecule has 10 heavy (non-hydrogen) atoms. The number of hydrogen-bond acceptors (Lipinski definition) is 5. The highest BCUT2D eigenvalue weighted by Gasteiger charge is 2.39. The largest absolute Gasteiger partial charge is 0.346 e. The van der Waals surface area contributed by atoms with Gasteiger partial charge in [0.2, 0.25) is 0 Å². The van der Waals surface area contributed by atoms with Gasteiger partial charge in [-0.25, -0.2) is 0 Å². The van der Waals surface area contributed by atoms with E-state index in [2.05, 4.69) is 8.49 Å². The maximum Gasteiger partial charge on any atom is 0.346 e. The van der Waals surface area contributed by atoms with Gasteiger partial charge in [-0.3, -0.25) is 4.57 Å². The normalized spacial score (nSPS) is 38.1. The van der Waals surface area contributed by atoms with Crippen LogP contribution >= 0.6 is 7.60 Å². The second-order valence-electron chi connectivity index (χ2n) is 1.85. The Morgan fingerprint density at radius 2 is 2.20 bits per heavy atom. The van der Waals surface area contributed by atoms with Crippen LogP contribution in [0.15, 0.2) is 0 Å². The third-order valence-corrected chi connectivity index (χ3v) is 5.27. The predicted octanol–water partition coefficient (Wildman–Crippen LogP) is 0.186. The van der Waals surface area contributed by atoms with Crippen molar-refractivity contribution in [1.29, 1.82) is 0 Å². The average Bonchev–Trinajstić information content (AvgIpc) is 2.08. The molecule has 5 nitrogen and oxygen atoms in total. The van der Waals surface area contributed by atoms with Gasteiger partial charge in [-0.15, -0.1) is 0 Å². The van der Waals surface area contributed by atoms with Crippen LogP contribution in [-0.2, 0) is 23.2 Å². The van der Waals surface area contributed by atoms with Crippen LogP contribution in [0.3, 0.4) is 0 Å². The summed E-state index contributed by atoms with van der Waals surface area (Å²) in [6, 6.07) is 0. The van der Waals surface area contributed by atoms with Gasteiger partial charge >= 0.3 is 7.60 Å². The van der Waals surface area contributed by atoms with E-state index >= 15 is 0 Å². The Morgan fingerprint density at radius 1 is 1.60 bits per heavy atom. The Bertz CT molecular complexity index is 267. The van der Waals surface area contributed by atoms with E-state index in [1.807, 2.05) is 0 Å². The minimum Gasteiger partial charge on any atom is -0.311 e. The monoisotopic (exact) mass is 186 g/mol. The van der Waals surface area contributed by atoms with Crippen molar-refractivity contribution in [3.63, 3.8) is 0 Å². The zero-order valence-corrected chi connectivity index (χ0v) is 7.02. The lowest BCUT2D eigenvalue weighted by atomic mass is 11.0. The zero-order valence-electron chi connectivity index (χ0n) is 5.31. The van der Waals surface area contributed by atoms with Crippen molar-refractivity contribution in [3.05, 3.63) is 0 Å². The van der Waals surface area contributed by atoms with Crippen LogP contribution in [0.25, 0.3) is 0 Å². The first-order valence-electron chi connectivity index (χ1n) is 2.56. The van der Waals surface area contributed by atoms with Gasteiger partial charge in [0.05, 0.1) is 11.9 Å². The van der Waals surface area contributed by atoms with Crippen LogP contribution in [0.1, 0.15) is 0 Å². The molecular formula is C3H7O5PS. The van der Waals surface area contributed by atoms with E-state index in [0.29, 0.717) is 0 Å². The molecule has 0 aromatic rings. The average molecular weight is 186 g/mol. The van der Waals surface area contributed by atoms with E-state index in [0.717, 1.165) is 0 Å². The summed E-state index contributed by atoms with van der Waals surface area (Å²) >= 11 is 0. The zero-order chi connectivity index (χ0) is 7.83. The van der Waals surface area contributed by atoms with Crippen LogP contribution in [0.5, 0.6) is 0 Å². The van der Waals surface area contributed by atoms with Gasteiger partial charge < -0.3 is 4.52 Å². The molecule has 0 aliphatic carbocycles. The molecule has 0 bridgehead atoms. The van der Waals surface area contributed by atoms with Crippen LogP contribution < -0.4 is 0 Å². The molecule has 0 spiro atoms. The van der Waals surface area contributed by atoms with Gasteiger partial charge in [0.15, 0.2) is 0 Å². The minimum atomic E-state index is -3.55. The molecular weight excluding hydrogens is 179 g/mol. The molecule has 1 heterocycles. The van der Waals surface area contributed by atoms with Crippen molar-refractivity contribution in [1.82, 2.24) is 0 Å². The van der Waals surface area contributed by atoms with Gasteiger partial charge in [-0.1, -0.05) is 0 Å². The van der Waals surface area contributed by atoms with Crippen molar-refractivity contribution in [2.45, 2.75) is 0 Å². The fourth-order valence-electron chi connectivity index (χ4n) is 0.593. The lowest BCUT2D eigenvalue weighted by Crippen LogP contribution is -1.97. The smallest absolute Gasteiger partial charge is 0.311 e. The first-order valence-corrected chi connectivity index (χ1v) is 5.87. The maximum atomic E-state index is 11.0. The lowest BCUT2D eigenvalue weighted by Gasteiger charge is -2.02. The second kappa shape index (κ2) is 2.30. The maximum absolute atomic E-state index is 11.0. The second-order valence-corrected chi connectivity index (χ2v) is 6.01. The van der Waals surface area contributed by atoms with E-state index in [-0.39, 0.29) is 11.9 Å². The van der Waals surface area contributed by atoms with Gasteiger partial charge in [0, 0.05) is 7.11 Å². The molecule has 0 aromatic heterocycles. The molecule has 0 aromatic carbocycles. The summed E-state index contributed by atoms with van der Waals surface area (Å²) in [5.74, 6) is -0.210. The van der Waals surface area contributed by atoms with Gasteiger partial charge in [0.25, 0.3) is 10.1 Å². The lowest BCUT2D eigenvalue weighted by molar-refractivity contribution is 0.333. The molecule has 1 fully saturated rings. The summed E-state index contributed by atoms with van der Waals surface area (Å²) in [6.45, 7) is 0. The molecule has 1 rings (SSSR count). The van der Waals surface area contributed by atoms with Crippen LogP contribution in [0.4, 0.5) is 0 Å². The molecule has 0 amide bonds. The summed E-state index contributed by atoms with van der Waals surface area (Å²) in [5, 5.41) is 0. The Morgan fingerprint density at radius 3 is 2.40 bits per heavy atom. The highest BCUT2D eigenvalue weighted by molar-refractivity contribution is 7.93. The van der Waals surface area contributed by atoms with Crippen molar-refractivity contribution < 1.29 is 21.5 Å². The van der Waals surface area contributed by atoms with E-state index in [1.165, 1.54) is 7.11 Å². The van der Waals surface area contributed by atoms with Crippen LogP contribution in [0, 0.1) is 0 Å². The summed E-state index contributed by atoms with van der Waals surface area (Å²) in [4.78, 5) is 0. The molecule has 7 heteroatoms. The molecule has 1 saturated heterocycles. The quantitative estimate of drug-likeness (QED) is 0.546. The summed E-state index contributed by atoms with van der Waals surface area (Å²) in [5.41, 5.74) is 0. The van der Waals surface area contributed by atoms with Gasteiger partial charge in [0.1, 0.15) is 0 Å². The highest BCUT2D eigenvalue weighted by atomic mass is 32.2. The highest BCUT2D eigenvalue weighted by Crippen LogP contribution is 2.53. The third-order valence-electron chi connectivity index (χ3n) is 1.12. The summed E-state index contributed by atoms with van der Waals surface area (Å²) < 4.78 is 40.6. The molecule has 1 aliphatic rings. The Balaban J connectivity index is 2.87. The molecule has 1 atom stereocenters. The van der Waals surface area contributed by atoms with E-state index in [4.69, 9.17) is 0 Å². The molecule has 0 saturated carbocycles. The standard InChI is InChI=1S/C3H7O5PS/c1-7-9(4)2-3-10(5,6)8-9/h2-3H2,1H3. The molecule has 1 unspecified atom stereocenters. The molecule has 1 aliphatic heterocycles.